The zero-order valence-electron chi connectivity index (χ0n) is 35.7. The molecule has 52 heavy (non-hydrogen) atoms. The smallest absolute Gasteiger partial charge is 0.334 e. The van der Waals surface area contributed by atoms with Crippen molar-refractivity contribution in [2.24, 2.45) is 0 Å². The van der Waals surface area contributed by atoms with Crippen molar-refractivity contribution >= 4 is 11.9 Å². The van der Waals surface area contributed by atoms with Crippen LogP contribution in [0.15, 0.2) is 11.6 Å². The number of hydrogen-bond acceptors (Lipinski definition) is 4. The molecule has 0 amide bonds. The van der Waals surface area contributed by atoms with Gasteiger partial charge in [-0.15, -0.1) is 0 Å². The molecule has 0 bridgehead atoms. The summed E-state index contributed by atoms with van der Waals surface area (Å²) in [6, 6.07) is 0. The molecule has 0 spiro atoms. The minimum atomic E-state index is -0.383. The molecule has 0 atom stereocenters. The molecule has 308 valence electrons. The predicted molar refractivity (Wildman–Crippen MR) is 227 cm³/mol. The highest BCUT2D eigenvalue weighted by molar-refractivity contribution is 5.96. The molecule has 0 aromatic carbocycles. The molecule has 0 N–H and O–H groups in total. The molecule has 0 aromatic rings. The van der Waals surface area contributed by atoms with Crippen LogP contribution in [0.1, 0.15) is 271 Å². The standard InChI is InChI=1S/C48H92O4/c1-4-7-10-13-16-19-22-24-26-28-30-33-36-39-42-46(48(50)52-44-41-38-35-31-21-18-15-12-9-6-3)45-47(49)51-43-40-37-34-32-29-27-25-23-20-17-14-11-8-5-2/h45H,4-44H2,1-3H3. The van der Waals surface area contributed by atoms with Gasteiger partial charge >= 0.3 is 11.9 Å². The largest absolute Gasteiger partial charge is 0.463 e. The van der Waals surface area contributed by atoms with Gasteiger partial charge in [-0.25, -0.2) is 9.59 Å². The van der Waals surface area contributed by atoms with E-state index < -0.39 is 0 Å². The van der Waals surface area contributed by atoms with Crippen LogP contribution in [0.5, 0.6) is 0 Å². The van der Waals surface area contributed by atoms with Gasteiger partial charge < -0.3 is 9.47 Å². The summed E-state index contributed by atoms with van der Waals surface area (Å²) in [5.74, 6) is -0.704. The minimum Gasteiger partial charge on any atom is -0.463 e. The van der Waals surface area contributed by atoms with E-state index in [0.717, 1.165) is 38.5 Å². The van der Waals surface area contributed by atoms with Gasteiger partial charge in [-0.1, -0.05) is 245 Å². The van der Waals surface area contributed by atoms with Crippen LogP contribution in [-0.2, 0) is 19.1 Å². The number of hydrogen-bond donors (Lipinski definition) is 0. The predicted octanol–water partition coefficient (Wildman–Crippen LogP) is 16.3. The van der Waals surface area contributed by atoms with E-state index in [-0.39, 0.29) is 11.9 Å². The summed E-state index contributed by atoms with van der Waals surface area (Å²) in [7, 11) is 0. The van der Waals surface area contributed by atoms with E-state index in [1.165, 1.54) is 212 Å². The van der Waals surface area contributed by atoms with E-state index in [1.54, 1.807) is 0 Å². The molecule has 0 aliphatic carbocycles. The van der Waals surface area contributed by atoms with Gasteiger partial charge in [0.1, 0.15) is 0 Å². The lowest BCUT2D eigenvalue weighted by Gasteiger charge is -2.10. The van der Waals surface area contributed by atoms with Crippen LogP contribution in [0.2, 0.25) is 0 Å². The minimum absolute atomic E-state index is 0.320. The third-order valence-corrected chi connectivity index (χ3v) is 10.8. The van der Waals surface area contributed by atoms with Crippen molar-refractivity contribution in [3.63, 3.8) is 0 Å². The molecule has 0 heterocycles. The lowest BCUT2D eigenvalue weighted by molar-refractivity contribution is -0.141. The maximum atomic E-state index is 13.0. The van der Waals surface area contributed by atoms with Crippen molar-refractivity contribution < 1.29 is 19.1 Å². The van der Waals surface area contributed by atoms with Gasteiger partial charge in [0, 0.05) is 11.6 Å². The van der Waals surface area contributed by atoms with E-state index in [0.29, 0.717) is 25.2 Å². The first-order valence-electron chi connectivity index (χ1n) is 23.7. The molecule has 4 heteroatoms. The van der Waals surface area contributed by atoms with Crippen LogP contribution in [0.4, 0.5) is 0 Å². The Balaban J connectivity index is 4.27. The van der Waals surface area contributed by atoms with Gasteiger partial charge in [-0.05, 0) is 25.7 Å². The maximum absolute atomic E-state index is 13.0. The Hall–Kier alpha value is -1.32. The van der Waals surface area contributed by atoms with Crippen LogP contribution in [0.25, 0.3) is 0 Å². The number of rotatable bonds is 43. The van der Waals surface area contributed by atoms with Gasteiger partial charge in [0.25, 0.3) is 0 Å². The molecule has 0 saturated heterocycles. The van der Waals surface area contributed by atoms with Crippen LogP contribution in [0, 0.1) is 0 Å². The first-order chi connectivity index (χ1) is 25.7. The highest BCUT2D eigenvalue weighted by Crippen LogP contribution is 2.18. The van der Waals surface area contributed by atoms with E-state index >= 15 is 0 Å². The molecule has 0 fully saturated rings. The number of esters is 2. The molecule has 0 rings (SSSR count). The second-order valence-electron chi connectivity index (χ2n) is 16.1. The van der Waals surface area contributed by atoms with E-state index in [1.807, 2.05) is 0 Å². The number of carbonyl (C=O) groups is 2. The molecular formula is C48H92O4. The number of unbranched alkanes of at least 4 members (excludes halogenated alkanes) is 35. The fourth-order valence-corrected chi connectivity index (χ4v) is 7.24. The first-order valence-corrected chi connectivity index (χ1v) is 23.7. The van der Waals surface area contributed by atoms with Gasteiger partial charge in [-0.3, -0.25) is 0 Å². The third-order valence-electron chi connectivity index (χ3n) is 10.8. The molecule has 0 aliphatic rings. The fraction of sp³-hybridized carbons (Fsp3) is 0.917. The van der Waals surface area contributed by atoms with Crippen LogP contribution in [-0.4, -0.2) is 25.2 Å². The van der Waals surface area contributed by atoms with Crippen molar-refractivity contribution in [3.05, 3.63) is 11.6 Å². The van der Waals surface area contributed by atoms with E-state index in [4.69, 9.17) is 9.47 Å². The summed E-state index contributed by atoms with van der Waals surface area (Å²) in [6.07, 6.45) is 51.1. The second-order valence-corrected chi connectivity index (χ2v) is 16.1. The Kier molecular flexibility index (Phi) is 43.0. The average molecular weight is 733 g/mol. The van der Waals surface area contributed by atoms with E-state index in [2.05, 4.69) is 20.8 Å². The number of carbonyl (C=O) groups excluding carboxylic acids is 2. The Morgan fingerprint density at radius 3 is 0.885 bits per heavy atom. The van der Waals surface area contributed by atoms with Crippen molar-refractivity contribution in [1.82, 2.24) is 0 Å². The highest BCUT2D eigenvalue weighted by Gasteiger charge is 2.14. The van der Waals surface area contributed by atoms with Crippen molar-refractivity contribution in [1.29, 1.82) is 0 Å². The van der Waals surface area contributed by atoms with Crippen LogP contribution < -0.4 is 0 Å². The lowest BCUT2D eigenvalue weighted by atomic mass is 10.0. The zero-order valence-corrected chi connectivity index (χ0v) is 35.7. The van der Waals surface area contributed by atoms with Gasteiger partial charge in [-0.2, -0.15) is 0 Å². The SMILES string of the molecule is CCCCCCCCCCCCCCCCOC(=O)C=C(CCCCCCCCCCCCCCCC)C(=O)OCCCCCCCCCCCC. The molecular weight excluding hydrogens is 641 g/mol. The Bertz CT molecular complexity index is 759. The molecule has 0 unspecified atom stereocenters. The van der Waals surface area contributed by atoms with E-state index in [9.17, 15) is 9.59 Å². The summed E-state index contributed by atoms with van der Waals surface area (Å²) in [4.78, 5) is 25.7. The summed E-state index contributed by atoms with van der Waals surface area (Å²) in [5, 5.41) is 0. The first kappa shape index (κ1) is 50.7. The Morgan fingerprint density at radius 1 is 0.327 bits per heavy atom. The van der Waals surface area contributed by atoms with Crippen molar-refractivity contribution in [2.75, 3.05) is 13.2 Å². The average Bonchev–Trinajstić information content (AvgIpc) is 3.14. The summed E-state index contributed by atoms with van der Waals surface area (Å²) in [6.45, 7) is 7.71. The monoisotopic (exact) mass is 733 g/mol. The third kappa shape index (κ3) is 39.9. The van der Waals surface area contributed by atoms with Crippen molar-refractivity contribution in [2.45, 2.75) is 271 Å². The maximum Gasteiger partial charge on any atom is 0.334 e. The van der Waals surface area contributed by atoms with Crippen LogP contribution >= 0.6 is 0 Å². The quantitative estimate of drug-likeness (QED) is 0.0356. The Morgan fingerprint density at radius 2 is 0.577 bits per heavy atom. The fourth-order valence-electron chi connectivity index (χ4n) is 7.24. The van der Waals surface area contributed by atoms with Gasteiger partial charge in [0.05, 0.1) is 13.2 Å². The molecule has 0 radical (unpaired) electrons. The lowest BCUT2D eigenvalue weighted by Crippen LogP contribution is -2.12. The molecule has 0 aliphatic heterocycles. The zero-order chi connectivity index (χ0) is 37.8. The topological polar surface area (TPSA) is 52.6 Å². The molecule has 0 saturated carbocycles. The summed E-state index contributed by atoms with van der Waals surface area (Å²) >= 11 is 0. The molecule has 0 aromatic heterocycles. The highest BCUT2D eigenvalue weighted by atomic mass is 16.5. The van der Waals surface area contributed by atoms with Crippen molar-refractivity contribution in [3.8, 4) is 0 Å². The second kappa shape index (κ2) is 44.1. The Labute approximate surface area is 326 Å². The van der Waals surface area contributed by atoms with Crippen LogP contribution in [0.3, 0.4) is 0 Å². The van der Waals surface area contributed by atoms with Gasteiger partial charge in [0.2, 0.25) is 0 Å². The number of ether oxygens (including phenoxy) is 2. The van der Waals surface area contributed by atoms with Gasteiger partial charge in [0.15, 0.2) is 0 Å². The summed E-state index contributed by atoms with van der Waals surface area (Å²) in [5.41, 5.74) is 0.497. The summed E-state index contributed by atoms with van der Waals surface area (Å²) < 4.78 is 11.2. The normalized spacial score (nSPS) is 11.7. The molecule has 4 nitrogen and oxygen atoms in total.